The number of rotatable bonds is 3. The van der Waals surface area contributed by atoms with Crippen LogP contribution in [0.25, 0.3) is 11.5 Å². The Balaban J connectivity index is 2.07. The van der Waals surface area contributed by atoms with Crippen LogP contribution in [0.15, 0.2) is 18.3 Å². The van der Waals surface area contributed by atoms with E-state index < -0.39 is 0 Å². The standard InChI is InChI=1S/C15H18N4O/c1-3-16-14-11-9-20-7-6-12(11)18-15(19-14)13-5-4-10(2)8-17-13/h4-5,8H,3,6-7,9H2,1-2H3,(H,16,18,19). The number of ether oxygens (including phenoxy) is 1. The van der Waals surface area contributed by atoms with Crippen molar-refractivity contribution in [1.82, 2.24) is 15.0 Å². The SMILES string of the molecule is CCNc1nc(-c2ccc(C)cn2)nc2c1COCC2. The van der Waals surface area contributed by atoms with Gasteiger partial charge in [-0.05, 0) is 25.5 Å². The molecule has 0 amide bonds. The van der Waals surface area contributed by atoms with E-state index >= 15 is 0 Å². The lowest BCUT2D eigenvalue weighted by atomic mass is 10.1. The first-order chi connectivity index (χ1) is 9.78. The number of aromatic nitrogens is 3. The largest absolute Gasteiger partial charge is 0.376 e. The predicted molar refractivity (Wildman–Crippen MR) is 77.5 cm³/mol. The molecule has 0 fully saturated rings. The van der Waals surface area contributed by atoms with Crippen molar-refractivity contribution in [2.24, 2.45) is 0 Å². The van der Waals surface area contributed by atoms with Crippen LogP contribution in [0.1, 0.15) is 23.7 Å². The highest BCUT2D eigenvalue weighted by Gasteiger charge is 2.18. The second-order valence-corrected chi connectivity index (χ2v) is 4.87. The lowest BCUT2D eigenvalue weighted by Gasteiger charge is -2.19. The molecular weight excluding hydrogens is 252 g/mol. The van der Waals surface area contributed by atoms with Gasteiger partial charge in [-0.15, -0.1) is 0 Å². The maximum Gasteiger partial charge on any atom is 0.180 e. The Morgan fingerprint density at radius 1 is 1.30 bits per heavy atom. The molecule has 104 valence electrons. The van der Waals surface area contributed by atoms with Gasteiger partial charge >= 0.3 is 0 Å². The molecule has 0 atom stereocenters. The van der Waals surface area contributed by atoms with Crippen LogP contribution in [0.2, 0.25) is 0 Å². The van der Waals surface area contributed by atoms with Crippen LogP contribution >= 0.6 is 0 Å². The van der Waals surface area contributed by atoms with E-state index in [0.717, 1.165) is 47.9 Å². The molecule has 20 heavy (non-hydrogen) atoms. The smallest absolute Gasteiger partial charge is 0.180 e. The van der Waals surface area contributed by atoms with Gasteiger partial charge in [-0.2, -0.15) is 0 Å². The van der Waals surface area contributed by atoms with Crippen molar-refractivity contribution in [3.8, 4) is 11.5 Å². The van der Waals surface area contributed by atoms with E-state index in [-0.39, 0.29) is 0 Å². The predicted octanol–water partition coefficient (Wildman–Crippen LogP) is 2.35. The van der Waals surface area contributed by atoms with Crippen molar-refractivity contribution in [3.63, 3.8) is 0 Å². The first-order valence-corrected chi connectivity index (χ1v) is 6.92. The van der Waals surface area contributed by atoms with Crippen LogP contribution < -0.4 is 5.32 Å². The highest BCUT2D eigenvalue weighted by Crippen LogP contribution is 2.25. The van der Waals surface area contributed by atoms with Crippen LogP contribution in [0.3, 0.4) is 0 Å². The fourth-order valence-corrected chi connectivity index (χ4v) is 2.26. The van der Waals surface area contributed by atoms with E-state index in [9.17, 15) is 0 Å². The summed E-state index contributed by atoms with van der Waals surface area (Å²) in [6.07, 6.45) is 2.67. The molecule has 1 N–H and O–H groups in total. The van der Waals surface area contributed by atoms with Crippen LogP contribution in [0.4, 0.5) is 5.82 Å². The quantitative estimate of drug-likeness (QED) is 0.927. The van der Waals surface area contributed by atoms with Crippen molar-refractivity contribution < 1.29 is 4.74 Å². The van der Waals surface area contributed by atoms with Gasteiger partial charge in [-0.1, -0.05) is 6.07 Å². The highest BCUT2D eigenvalue weighted by molar-refractivity contribution is 5.57. The average Bonchev–Trinajstić information content (AvgIpc) is 2.48. The van der Waals surface area contributed by atoms with Crippen LogP contribution in [0, 0.1) is 6.92 Å². The number of pyridine rings is 1. The number of anilines is 1. The number of hydrogen-bond acceptors (Lipinski definition) is 5. The Bertz CT molecular complexity index is 610. The Labute approximate surface area is 118 Å². The van der Waals surface area contributed by atoms with Crippen molar-refractivity contribution >= 4 is 5.82 Å². The summed E-state index contributed by atoms with van der Waals surface area (Å²) in [5.74, 6) is 1.55. The number of fused-ring (bicyclic) bond motifs is 1. The molecule has 5 heteroatoms. The third kappa shape index (κ3) is 2.49. The molecule has 3 heterocycles. The third-order valence-electron chi connectivity index (χ3n) is 3.31. The Kier molecular flexibility index (Phi) is 3.60. The maximum atomic E-state index is 5.51. The van der Waals surface area contributed by atoms with Gasteiger partial charge in [0.05, 0.1) is 18.9 Å². The van der Waals surface area contributed by atoms with Crippen molar-refractivity contribution in [1.29, 1.82) is 0 Å². The normalized spacial score (nSPS) is 13.9. The van der Waals surface area contributed by atoms with Gasteiger partial charge in [0, 0.05) is 24.7 Å². The molecule has 2 aromatic rings. The zero-order valence-corrected chi connectivity index (χ0v) is 11.8. The minimum Gasteiger partial charge on any atom is -0.376 e. The summed E-state index contributed by atoms with van der Waals surface area (Å²) in [7, 11) is 0. The maximum absolute atomic E-state index is 5.51. The minimum atomic E-state index is 0.583. The van der Waals surface area contributed by atoms with E-state index in [1.54, 1.807) is 0 Å². The fourth-order valence-electron chi connectivity index (χ4n) is 2.26. The van der Waals surface area contributed by atoms with Gasteiger partial charge in [0.25, 0.3) is 0 Å². The van der Waals surface area contributed by atoms with E-state index in [0.29, 0.717) is 12.4 Å². The molecule has 5 nitrogen and oxygen atoms in total. The average molecular weight is 270 g/mol. The molecule has 1 aliphatic heterocycles. The molecule has 0 aromatic carbocycles. The fraction of sp³-hybridized carbons (Fsp3) is 0.400. The Morgan fingerprint density at radius 2 is 2.20 bits per heavy atom. The molecule has 2 aromatic heterocycles. The van der Waals surface area contributed by atoms with Crippen LogP contribution in [0.5, 0.6) is 0 Å². The van der Waals surface area contributed by atoms with Crippen LogP contribution in [-0.4, -0.2) is 28.1 Å². The molecule has 0 saturated heterocycles. The summed E-state index contributed by atoms with van der Waals surface area (Å²) in [5.41, 5.74) is 4.09. The Morgan fingerprint density at radius 3 is 2.95 bits per heavy atom. The van der Waals surface area contributed by atoms with E-state index in [2.05, 4.69) is 27.2 Å². The lowest BCUT2D eigenvalue weighted by molar-refractivity contribution is 0.109. The van der Waals surface area contributed by atoms with Gasteiger partial charge in [0.2, 0.25) is 0 Å². The summed E-state index contributed by atoms with van der Waals surface area (Å²) in [6, 6.07) is 3.99. The van der Waals surface area contributed by atoms with Gasteiger partial charge < -0.3 is 10.1 Å². The number of aryl methyl sites for hydroxylation is 1. The summed E-state index contributed by atoms with van der Waals surface area (Å²) in [6.45, 7) is 6.20. The van der Waals surface area contributed by atoms with Gasteiger partial charge in [0.15, 0.2) is 5.82 Å². The zero-order valence-electron chi connectivity index (χ0n) is 11.8. The number of nitrogens with one attached hydrogen (secondary N) is 1. The highest BCUT2D eigenvalue weighted by atomic mass is 16.5. The van der Waals surface area contributed by atoms with E-state index in [1.807, 2.05) is 25.3 Å². The second-order valence-electron chi connectivity index (χ2n) is 4.87. The summed E-state index contributed by atoms with van der Waals surface area (Å²) in [5, 5.41) is 3.30. The molecule has 0 saturated carbocycles. The second kappa shape index (κ2) is 5.54. The summed E-state index contributed by atoms with van der Waals surface area (Å²) >= 11 is 0. The molecule has 0 radical (unpaired) electrons. The molecular formula is C15H18N4O. The first-order valence-electron chi connectivity index (χ1n) is 6.92. The van der Waals surface area contributed by atoms with Gasteiger partial charge in [-0.3, -0.25) is 4.98 Å². The first kappa shape index (κ1) is 13.0. The van der Waals surface area contributed by atoms with Crippen molar-refractivity contribution in [2.45, 2.75) is 26.9 Å². The molecule has 0 unspecified atom stereocenters. The number of nitrogens with zero attached hydrogens (tertiary/aromatic N) is 3. The minimum absolute atomic E-state index is 0.583. The summed E-state index contributed by atoms with van der Waals surface area (Å²) in [4.78, 5) is 13.7. The zero-order chi connectivity index (χ0) is 13.9. The molecule has 0 bridgehead atoms. The van der Waals surface area contributed by atoms with Crippen molar-refractivity contribution in [3.05, 3.63) is 35.2 Å². The summed E-state index contributed by atoms with van der Waals surface area (Å²) < 4.78 is 5.51. The van der Waals surface area contributed by atoms with Crippen molar-refractivity contribution in [2.75, 3.05) is 18.5 Å². The number of hydrogen-bond donors (Lipinski definition) is 1. The molecule has 1 aliphatic rings. The van der Waals surface area contributed by atoms with Crippen LogP contribution in [-0.2, 0) is 17.8 Å². The topological polar surface area (TPSA) is 59.9 Å². The third-order valence-corrected chi connectivity index (χ3v) is 3.31. The van der Waals surface area contributed by atoms with E-state index in [4.69, 9.17) is 4.74 Å². The Hall–Kier alpha value is -2.01. The van der Waals surface area contributed by atoms with E-state index in [1.165, 1.54) is 0 Å². The lowest BCUT2D eigenvalue weighted by Crippen LogP contribution is -2.17. The molecule has 0 spiro atoms. The molecule has 0 aliphatic carbocycles. The van der Waals surface area contributed by atoms with Gasteiger partial charge in [0.1, 0.15) is 11.5 Å². The molecule has 3 rings (SSSR count). The monoisotopic (exact) mass is 270 g/mol. The van der Waals surface area contributed by atoms with Gasteiger partial charge in [-0.25, -0.2) is 9.97 Å².